The highest BCUT2D eigenvalue weighted by Gasteiger charge is 2.26. The summed E-state index contributed by atoms with van der Waals surface area (Å²) in [6.45, 7) is 0. The van der Waals surface area contributed by atoms with Gasteiger partial charge in [0.15, 0.2) is 11.5 Å². The zero-order valence-corrected chi connectivity index (χ0v) is 28.5. The van der Waals surface area contributed by atoms with Gasteiger partial charge >= 0.3 is 0 Å². The minimum absolute atomic E-state index is 0.629. The molecule has 0 fully saturated rings. The van der Waals surface area contributed by atoms with Gasteiger partial charge in [-0.05, 0) is 48.5 Å². The van der Waals surface area contributed by atoms with E-state index in [1.165, 1.54) is 21.7 Å². The number of fused-ring (bicyclic) bond motifs is 8. The summed E-state index contributed by atoms with van der Waals surface area (Å²) >= 11 is 0. The molecule has 0 spiro atoms. The van der Waals surface area contributed by atoms with Crippen molar-refractivity contribution in [2.75, 3.05) is 0 Å². The summed E-state index contributed by atoms with van der Waals surface area (Å²) in [5, 5.41) is 4.78. The Morgan fingerprint density at radius 2 is 0.811 bits per heavy atom. The predicted octanol–water partition coefficient (Wildman–Crippen LogP) is 11.3. The van der Waals surface area contributed by atoms with Gasteiger partial charge in [0.2, 0.25) is 5.95 Å². The van der Waals surface area contributed by atoms with Crippen LogP contribution in [0.25, 0.3) is 94.7 Å². The first-order chi connectivity index (χ1) is 26.3. The topological polar surface area (TPSA) is 53.5 Å². The molecule has 0 aliphatic heterocycles. The lowest BCUT2D eigenvalue weighted by Gasteiger charge is -2.14. The third-order valence-corrected chi connectivity index (χ3v) is 10.3. The largest absolute Gasteiger partial charge is 0.309 e. The molecule has 7 aromatic carbocycles. The van der Waals surface area contributed by atoms with E-state index in [0.29, 0.717) is 11.5 Å². The van der Waals surface area contributed by atoms with Crippen LogP contribution in [-0.2, 0) is 0 Å². The molecule has 0 bridgehead atoms. The monoisotopic (exact) mass is 678 g/mol. The van der Waals surface area contributed by atoms with E-state index in [1.807, 2.05) is 30.3 Å². The summed E-state index contributed by atoms with van der Waals surface area (Å²) < 4.78 is 6.92. The lowest BCUT2D eigenvalue weighted by molar-refractivity contribution is 0.955. The van der Waals surface area contributed by atoms with Crippen molar-refractivity contribution in [1.82, 2.24) is 28.7 Å². The van der Waals surface area contributed by atoms with Crippen LogP contribution in [0, 0.1) is 0 Å². The van der Waals surface area contributed by atoms with Gasteiger partial charge in [0.1, 0.15) is 11.2 Å². The van der Waals surface area contributed by atoms with E-state index in [-0.39, 0.29) is 0 Å². The average molecular weight is 679 g/mol. The van der Waals surface area contributed by atoms with Crippen molar-refractivity contribution in [3.63, 3.8) is 0 Å². The van der Waals surface area contributed by atoms with Gasteiger partial charge in [0.05, 0.1) is 22.1 Å². The molecule has 248 valence electrons. The van der Waals surface area contributed by atoms with Crippen LogP contribution < -0.4 is 0 Å². The summed E-state index contributed by atoms with van der Waals surface area (Å²) in [6, 6.07) is 63.5. The molecule has 0 atom stereocenters. The van der Waals surface area contributed by atoms with Gasteiger partial charge in [-0.1, -0.05) is 133 Å². The number of nitrogens with zero attached hydrogens (tertiary/aromatic N) is 6. The normalized spacial score (nSPS) is 11.8. The molecule has 6 nitrogen and oxygen atoms in total. The summed E-state index contributed by atoms with van der Waals surface area (Å²) in [4.78, 5) is 15.9. The number of benzene rings is 7. The molecule has 0 unspecified atom stereocenters. The molecule has 0 saturated heterocycles. The Hall–Kier alpha value is -7.31. The van der Waals surface area contributed by atoms with Crippen molar-refractivity contribution in [2.45, 2.75) is 0 Å². The highest BCUT2D eigenvalue weighted by atomic mass is 15.3. The lowest BCUT2D eigenvalue weighted by Crippen LogP contribution is -2.06. The molecule has 0 N–H and O–H groups in total. The molecular weight excluding hydrogens is 649 g/mol. The maximum absolute atomic E-state index is 5.47. The number of para-hydroxylation sites is 4. The van der Waals surface area contributed by atoms with E-state index in [0.717, 1.165) is 61.6 Å². The highest BCUT2D eigenvalue weighted by Crippen LogP contribution is 2.43. The predicted molar refractivity (Wildman–Crippen MR) is 216 cm³/mol. The fourth-order valence-electron chi connectivity index (χ4n) is 8.05. The first-order valence-electron chi connectivity index (χ1n) is 17.8. The number of rotatable bonds is 5. The first kappa shape index (κ1) is 29.4. The van der Waals surface area contributed by atoms with Crippen LogP contribution in [0.15, 0.2) is 182 Å². The molecular formula is C47H30N6. The molecule has 4 heterocycles. The molecule has 0 saturated carbocycles. The maximum Gasteiger partial charge on any atom is 0.222 e. The van der Waals surface area contributed by atoms with Gasteiger partial charge in [-0.2, -0.15) is 4.98 Å². The smallest absolute Gasteiger partial charge is 0.222 e. The van der Waals surface area contributed by atoms with E-state index >= 15 is 0 Å². The number of aromatic nitrogens is 6. The van der Waals surface area contributed by atoms with Crippen LogP contribution in [0.3, 0.4) is 0 Å². The number of imidazole rings is 1. The van der Waals surface area contributed by atoms with Gasteiger partial charge in [-0.25, -0.2) is 9.97 Å². The summed E-state index contributed by atoms with van der Waals surface area (Å²) in [5.41, 5.74) is 10.8. The van der Waals surface area contributed by atoms with E-state index in [4.69, 9.17) is 15.0 Å². The van der Waals surface area contributed by atoms with Crippen molar-refractivity contribution < 1.29 is 0 Å². The molecule has 0 amide bonds. The van der Waals surface area contributed by atoms with Crippen molar-refractivity contribution in [3.05, 3.63) is 182 Å². The molecule has 0 aliphatic carbocycles. The highest BCUT2D eigenvalue weighted by molar-refractivity contribution is 6.28. The average Bonchev–Trinajstić information content (AvgIpc) is 3.89. The third kappa shape index (κ3) is 4.42. The van der Waals surface area contributed by atoms with Crippen LogP contribution in [0.1, 0.15) is 0 Å². The molecule has 4 aromatic heterocycles. The Labute approximate surface area is 304 Å². The quantitative estimate of drug-likeness (QED) is 0.182. The molecule has 11 rings (SSSR count). The molecule has 53 heavy (non-hydrogen) atoms. The zero-order valence-electron chi connectivity index (χ0n) is 28.5. The van der Waals surface area contributed by atoms with Crippen LogP contribution in [0.2, 0.25) is 0 Å². The van der Waals surface area contributed by atoms with Crippen LogP contribution in [0.4, 0.5) is 0 Å². The Kier molecular flexibility index (Phi) is 6.45. The molecule has 11 aromatic rings. The van der Waals surface area contributed by atoms with Crippen LogP contribution >= 0.6 is 0 Å². The Morgan fingerprint density at radius 3 is 1.42 bits per heavy atom. The second kappa shape index (κ2) is 11.6. The second-order valence-electron chi connectivity index (χ2n) is 13.3. The first-order valence-corrected chi connectivity index (χ1v) is 17.8. The van der Waals surface area contributed by atoms with Gasteiger partial charge in [0.25, 0.3) is 0 Å². The van der Waals surface area contributed by atoms with Gasteiger partial charge in [0, 0.05) is 44.0 Å². The Bertz CT molecular complexity index is 3140. The van der Waals surface area contributed by atoms with Crippen molar-refractivity contribution in [3.8, 4) is 40.0 Å². The zero-order chi connectivity index (χ0) is 34.9. The minimum Gasteiger partial charge on any atom is -0.309 e. The Balaban J connectivity index is 1.31. The summed E-state index contributed by atoms with van der Waals surface area (Å²) in [6.07, 6.45) is 0. The summed E-state index contributed by atoms with van der Waals surface area (Å²) in [7, 11) is 0. The third-order valence-electron chi connectivity index (χ3n) is 10.3. The van der Waals surface area contributed by atoms with E-state index < -0.39 is 0 Å². The maximum atomic E-state index is 5.47. The van der Waals surface area contributed by atoms with Crippen LogP contribution in [0.5, 0.6) is 0 Å². The van der Waals surface area contributed by atoms with Crippen molar-refractivity contribution >= 4 is 54.8 Å². The summed E-state index contributed by atoms with van der Waals surface area (Å²) in [5.74, 6) is 1.39. The van der Waals surface area contributed by atoms with Gasteiger partial charge in [-0.15, -0.1) is 0 Å². The van der Waals surface area contributed by atoms with Crippen LogP contribution in [-0.4, -0.2) is 28.7 Å². The molecule has 0 aliphatic rings. The standard InChI is InChI=1S/C47H30N6/c1-5-17-31(18-6-1)43-44-46(49-45(48-43)32-19-7-2-8-20-32)50-47(52(44)34-23-11-4-12-24-34)53-38-28-16-14-26-36(38)42-40(53)30-29-39-41(42)35-25-13-15-27-37(35)51(39)33-21-9-3-10-22-33/h1-30H. The van der Waals surface area contributed by atoms with E-state index in [1.54, 1.807) is 0 Å². The molecule has 6 heteroatoms. The Morgan fingerprint density at radius 1 is 0.340 bits per heavy atom. The number of hydrogen-bond acceptors (Lipinski definition) is 3. The fraction of sp³-hybridized carbons (Fsp3) is 0. The van der Waals surface area contributed by atoms with Gasteiger partial charge < -0.3 is 4.57 Å². The lowest BCUT2D eigenvalue weighted by atomic mass is 10.1. The molecule has 0 radical (unpaired) electrons. The van der Waals surface area contributed by atoms with Gasteiger partial charge in [-0.3, -0.25) is 9.13 Å². The second-order valence-corrected chi connectivity index (χ2v) is 13.3. The fourth-order valence-corrected chi connectivity index (χ4v) is 8.05. The van der Waals surface area contributed by atoms with Crippen molar-refractivity contribution in [2.24, 2.45) is 0 Å². The number of hydrogen-bond donors (Lipinski definition) is 0. The minimum atomic E-state index is 0.629. The SMILES string of the molecule is c1ccc(-c2nc(-c3ccccc3)c3c(n2)nc(-n2c4ccccc4c4c5c6ccccc6n(-c6ccccc6)c5ccc42)n3-c2ccccc2)cc1. The van der Waals surface area contributed by atoms with Crippen molar-refractivity contribution in [1.29, 1.82) is 0 Å². The van der Waals surface area contributed by atoms with E-state index in [9.17, 15) is 0 Å². The van der Waals surface area contributed by atoms with E-state index in [2.05, 4.69) is 165 Å².